The van der Waals surface area contributed by atoms with Gasteiger partial charge in [0.2, 0.25) is 0 Å². The van der Waals surface area contributed by atoms with Crippen molar-refractivity contribution in [2.45, 2.75) is 19.1 Å². The molecule has 2 aliphatic rings. The molecule has 0 N–H and O–H groups in total. The monoisotopic (exact) mass is 328 g/mol. The minimum Gasteiger partial charge on any atom is -0.373 e. The van der Waals surface area contributed by atoms with Gasteiger partial charge < -0.3 is 9.64 Å². The smallest absolute Gasteiger partial charge is 0.270 e. The van der Waals surface area contributed by atoms with Crippen LogP contribution in [0.3, 0.4) is 0 Å². The highest BCUT2D eigenvalue weighted by Crippen LogP contribution is 2.34. The normalized spacial score (nSPS) is 24.3. The predicted octanol–water partition coefficient (Wildman–Crippen LogP) is 1.97. The van der Waals surface area contributed by atoms with Crippen LogP contribution in [-0.4, -0.2) is 60.2 Å². The molecule has 2 fully saturated rings. The number of non-ortho nitro benzene ring substituents is 1. The Morgan fingerprint density at radius 2 is 2.17 bits per heavy atom. The maximum Gasteiger partial charge on any atom is 0.270 e. The van der Waals surface area contributed by atoms with E-state index in [0.29, 0.717) is 6.04 Å². The molecule has 7 heteroatoms. The lowest BCUT2D eigenvalue weighted by atomic mass is 10.1. The topological polar surface area (TPSA) is 71.7 Å². The van der Waals surface area contributed by atoms with Gasteiger partial charge in [-0.3, -0.25) is 20.0 Å². The van der Waals surface area contributed by atoms with Gasteiger partial charge >= 0.3 is 0 Å². The van der Waals surface area contributed by atoms with Gasteiger partial charge in [-0.05, 0) is 26.1 Å². The molecule has 0 amide bonds. The Bertz CT molecular complexity index is 810. The van der Waals surface area contributed by atoms with Gasteiger partial charge in [-0.2, -0.15) is 0 Å². The highest BCUT2D eigenvalue weighted by atomic mass is 16.6. The molecule has 24 heavy (non-hydrogen) atoms. The SMILES string of the molecule is Cc1cc(N2C[C@@H]3OCCN(C)[C@@H]3C2)c2cc([N+](=O)[O-])ccc2n1. The fourth-order valence-electron chi connectivity index (χ4n) is 3.75. The molecule has 2 saturated heterocycles. The van der Waals surface area contributed by atoms with E-state index in [4.69, 9.17) is 4.74 Å². The number of nitro groups is 1. The van der Waals surface area contributed by atoms with Gasteiger partial charge in [-0.1, -0.05) is 0 Å². The summed E-state index contributed by atoms with van der Waals surface area (Å²) in [4.78, 5) is 19.9. The molecule has 126 valence electrons. The zero-order chi connectivity index (χ0) is 16.8. The summed E-state index contributed by atoms with van der Waals surface area (Å²) in [5.74, 6) is 0. The molecule has 2 aromatic rings. The first kappa shape index (κ1) is 15.3. The number of pyridine rings is 1. The van der Waals surface area contributed by atoms with Crippen LogP contribution in [0.1, 0.15) is 5.69 Å². The first-order valence-corrected chi connectivity index (χ1v) is 8.15. The molecule has 0 spiro atoms. The maximum atomic E-state index is 11.1. The zero-order valence-corrected chi connectivity index (χ0v) is 13.8. The Morgan fingerprint density at radius 3 is 2.92 bits per heavy atom. The Balaban J connectivity index is 1.78. The van der Waals surface area contributed by atoms with Crippen molar-refractivity contribution in [3.05, 3.63) is 40.1 Å². The third kappa shape index (κ3) is 2.50. The lowest BCUT2D eigenvalue weighted by Gasteiger charge is -2.33. The number of likely N-dealkylation sites (N-methyl/N-ethyl adjacent to an activating group) is 1. The van der Waals surface area contributed by atoms with Gasteiger partial charge in [-0.15, -0.1) is 0 Å². The molecule has 2 aliphatic heterocycles. The predicted molar refractivity (Wildman–Crippen MR) is 91.5 cm³/mol. The minimum atomic E-state index is -0.357. The molecule has 1 aromatic heterocycles. The first-order chi connectivity index (χ1) is 11.5. The van der Waals surface area contributed by atoms with Crippen molar-refractivity contribution < 1.29 is 9.66 Å². The van der Waals surface area contributed by atoms with Gasteiger partial charge in [0, 0.05) is 48.5 Å². The average Bonchev–Trinajstić information content (AvgIpc) is 2.99. The van der Waals surface area contributed by atoms with Crippen LogP contribution in [0.25, 0.3) is 10.9 Å². The van der Waals surface area contributed by atoms with E-state index < -0.39 is 0 Å². The highest BCUT2D eigenvalue weighted by molar-refractivity contribution is 5.93. The summed E-state index contributed by atoms with van der Waals surface area (Å²) in [6.07, 6.45) is 0.186. The molecule has 0 saturated carbocycles. The molecular weight excluding hydrogens is 308 g/mol. The summed E-state index contributed by atoms with van der Waals surface area (Å²) in [5.41, 5.74) is 2.81. The second kappa shape index (κ2) is 5.68. The Labute approximate surface area is 140 Å². The van der Waals surface area contributed by atoms with Crippen LogP contribution in [0, 0.1) is 17.0 Å². The van der Waals surface area contributed by atoms with Crippen molar-refractivity contribution in [3.8, 4) is 0 Å². The Hall–Kier alpha value is -2.25. The standard InChI is InChI=1S/C17H20N4O3/c1-11-7-15(13-8-12(21(22)23)3-4-14(13)18-11)20-9-16-17(10-20)24-6-5-19(16)2/h3-4,7-8,16-17H,5-6,9-10H2,1-2H3/t16-,17+/m1/s1. The summed E-state index contributed by atoms with van der Waals surface area (Å²) in [6.45, 7) is 5.32. The van der Waals surface area contributed by atoms with Crippen molar-refractivity contribution in [2.75, 3.05) is 38.2 Å². The number of fused-ring (bicyclic) bond motifs is 2. The minimum absolute atomic E-state index is 0.0967. The van der Waals surface area contributed by atoms with E-state index in [1.807, 2.05) is 13.0 Å². The zero-order valence-electron chi connectivity index (χ0n) is 13.8. The number of morpholine rings is 1. The first-order valence-electron chi connectivity index (χ1n) is 8.15. The second-order valence-electron chi connectivity index (χ2n) is 6.60. The van der Waals surface area contributed by atoms with Crippen molar-refractivity contribution in [1.82, 2.24) is 9.88 Å². The van der Waals surface area contributed by atoms with Crippen LogP contribution in [0.5, 0.6) is 0 Å². The van der Waals surface area contributed by atoms with Gasteiger partial charge in [0.15, 0.2) is 0 Å². The van der Waals surface area contributed by atoms with E-state index in [0.717, 1.165) is 48.5 Å². The Kier molecular flexibility index (Phi) is 3.62. The molecule has 0 radical (unpaired) electrons. The van der Waals surface area contributed by atoms with Crippen molar-refractivity contribution in [1.29, 1.82) is 0 Å². The van der Waals surface area contributed by atoms with Gasteiger partial charge in [0.05, 0.1) is 29.2 Å². The van der Waals surface area contributed by atoms with Gasteiger partial charge in [-0.25, -0.2) is 0 Å². The third-order valence-corrected chi connectivity index (χ3v) is 5.03. The molecule has 3 heterocycles. The van der Waals surface area contributed by atoms with Crippen LogP contribution in [-0.2, 0) is 4.74 Å². The number of nitro benzene ring substituents is 1. The largest absolute Gasteiger partial charge is 0.373 e. The van der Waals surface area contributed by atoms with E-state index in [1.54, 1.807) is 12.1 Å². The molecule has 0 unspecified atom stereocenters. The molecule has 0 aliphatic carbocycles. The van der Waals surface area contributed by atoms with E-state index in [1.165, 1.54) is 6.07 Å². The fourth-order valence-corrected chi connectivity index (χ4v) is 3.75. The molecule has 1 aromatic carbocycles. The van der Waals surface area contributed by atoms with Crippen molar-refractivity contribution >= 4 is 22.3 Å². The number of hydrogen-bond donors (Lipinski definition) is 0. The van der Waals surface area contributed by atoms with E-state index in [-0.39, 0.29) is 16.7 Å². The van der Waals surface area contributed by atoms with Gasteiger partial charge in [0.25, 0.3) is 5.69 Å². The summed E-state index contributed by atoms with van der Waals surface area (Å²) < 4.78 is 5.92. The number of ether oxygens (including phenoxy) is 1. The summed E-state index contributed by atoms with van der Waals surface area (Å²) >= 11 is 0. The fraction of sp³-hybridized carbons (Fsp3) is 0.471. The number of aromatic nitrogens is 1. The van der Waals surface area contributed by atoms with Crippen LogP contribution < -0.4 is 4.90 Å². The molecule has 0 bridgehead atoms. The van der Waals surface area contributed by atoms with Crippen LogP contribution >= 0.6 is 0 Å². The van der Waals surface area contributed by atoms with Crippen molar-refractivity contribution in [3.63, 3.8) is 0 Å². The lowest BCUT2D eigenvalue weighted by Crippen LogP contribution is -2.48. The number of hydrogen-bond acceptors (Lipinski definition) is 6. The number of aryl methyl sites for hydroxylation is 1. The number of anilines is 1. The number of rotatable bonds is 2. The van der Waals surface area contributed by atoms with Crippen LogP contribution in [0.4, 0.5) is 11.4 Å². The number of benzene rings is 1. The average molecular weight is 328 g/mol. The van der Waals surface area contributed by atoms with Crippen LogP contribution in [0.15, 0.2) is 24.3 Å². The quantitative estimate of drug-likeness (QED) is 0.620. The molecule has 4 rings (SSSR count). The number of nitrogens with zero attached hydrogens (tertiary/aromatic N) is 4. The summed E-state index contributed by atoms with van der Waals surface area (Å²) in [5, 5.41) is 12.0. The van der Waals surface area contributed by atoms with Crippen LogP contribution in [0.2, 0.25) is 0 Å². The highest BCUT2D eigenvalue weighted by Gasteiger charge is 2.39. The second-order valence-corrected chi connectivity index (χ2v) is 6.60. The van der Waals surface area contributed by atoms with E-state index >= 15 is 0 Å². The lowest BCUT2D eigenvalue weighted by molar-refractivity contribution is -0.384. The summed E-state index contributed by atoms with van der Waals surface area (Å²) in [7, 11) is 2.13. The van der Waals surface area contributed by atoms with Gasteiger partial charge in [0.1, 0.15) is 0 Å². The summed E-state index contributed by atoms with van der Waals surface area (Å²) in [6, 6.07) is 7.25. The molecule has 2 atom stereocenters. The maximum absolute atomic E-state index is 11.1. The van der Waals surface area contributed by atoms with Crippen molar-refractivity contribution in [2.24, 2.45) is 0 Å². The van der Waals surface area contributed by atoms with E-state index in [2.05, 4.69) is 21.8 Å². The Morgan fingerprint density at radius 1 is 1.33 bits per heavy atom. The molecular formula is C17H20N4O3. The molecule has 7 nitrogen and oxygen atoms in total. The van der Waals surface area contributed by atoms with E-state index in [9.17, 15) is 10.1 Å². The third-order valence-electron chi connectivity index (χ3n) is 5.03.